The summed E-state index contributed by atoms with van der Waals surface area (Å²) < 4.78 is 10.9. The number of rotatable bonds is 5. The van der Waals surface area contributed by atoms with Crippen molar-refractivity contribution >= 4 is 5.78 Å². The van der Waals surface area contributed by atoms with E-state index in [1.165, 1.54) is 0 Å². The Morgan fingerprint density at radius 2 is 1.85 bits per heavy atom. The number of Topliss-reactive ketones (excluding diaryl/α,β-unsaturated/α-hetero) is 1. The quantitative estimate of drug-likeness (QED) is 0.684. The fourth-order valence-electron chi connectivity index (χ4n) is 3.83. The molecule has 0 aliphatic heterocycles. The van der Waals surface area contributed by atoms with Crippen LogP contribution in [0, 0.1) is 0 Å². The highest BCUT2D eigenvalue weighted by Gasteiger charge is 2.41. The maximum Gasteiger partial charge on any atom is 0.231 e. The van der Waals surface area contributed by atoms with Crippen LogP contribution in [0.2, 0.25) is 0 Å². The van der Waals surface area contributed by atoms with Gasteiger partial charge in [-0.1, -0.05) is 47.6 Å². The molecule has 138 valence electrons. The minimum absolute atomic E-state index is 0.307. The highest BCUT2D eigenvalue weighted by atomic mass is 16.5. The molecule has 1 saturated carbocycles. The molecule has 0 unspecified atom stereocenters. The van der Waals surface area contributed by atoms with E-state index >= 15 is 0 Å². The second-order valence-corrected chi connectivity index (χ2v) is 7.03. The Morgan fingerprint density at radius 3 is 2.59 bits per heavy atom. The van der Waals surface area contributed by atoms with Crippen molar-refractivity contribution in [2.45, 2.75) is 37.5 Å². The van der Waals surface area contributed by atoms with Crippen molar-refractivity contribution < 1.29 is 14.1 Å². The van der Waals surface area contributed by atoms with Crippen LogP contribution >= 0.6 is 0 Å². The van der Waals surface area contributed by atoms with Crippen molar-refractivity contribution in [1.82, 2.24) is 10.1 Å². The van der Waals surface area contributed by atoms with Crippen molar-refractivity contribution in [2.24, 2.45) is 0 Å². The molecule has 1 fully saturated rings. The number of hydrogen-bond donors (Lipinski definition) is 0. The summed E-state index contributed by atoms with van der Waals surface area (Å²) in [5.41, 5.74) is 1.84. The Hall–Kier alpha value is -2.95. The summed E-state index contributed by atoms with van der Waals surface area (Å²) in [6.07, 6.45) is 3.08. The van der Waals surface area contributed by atoms with Crippen LogP contribution in [-0.2, 0) is 16.6 Å². The average Bonchev–Trinajstić information content (AvgIpc) is 3.18. The zero-order valence-corrected chi connectivity index (χ0v) is 15.4. The molecule has 1 heterocycles. The Kier molecular flexibility index (Phi) is 4.75. The van der Waals surface area contributed by atoms with Gasteiger partial charge in [0.1, 0.15) is 11.5 Å². The molecule has 0 radical (unpaired) electrons. The number of ketones is 1. The number of carbonyl (C=O) groups excluding carboxylic acids is 1. The van der Waals surface area contributed by atoms with Gasteiger partial charge in [0.05, 0.1) is 18.9 Å². The zero-order chi connectivity index (χ0) is 18.7. The van der Waals surface area contributed by atoms with Gasteiger partial charge in [0.25, 0.3) is 0 Å². The molecule has 0 N–H and O–H groups in total. The lowest BCUT2D eigenvalue weighted by molar-refractivity contribution is -0.121. The Labute approximate surface area is 158 Å². The molecule has 3 aromatic rings. The highest BCUT2D eigenvalue weighted by molar-refractivity contribution is 5.80. The SMILES string of the molecule is COc1cccc(Cc2nc(C3(c4ccccc4)CCC(=O)CC3)no2)c1. The maximum absolute atomic E-state index is 11.8. The largest absolute Gasteiger partial charge is 0.497 e. The minimum Gasteiger partial charge on any atom is -0.497 e. The van der Waals surface area contributed by atoms with E-state index in [-0.39, 0.29) is 5.41 Å². The molecule has 0 bridgehead atoms. The highest BCUT2D eigenvalue weighted by Crippen LogP contribution is 2.42. The molecule has 5 heteroatoms. The zero-order valence-electron chi connectivity index (χ0n) is 15.4. The van der Waals surface area contributed by atoms with E-state index in [9.17, 15) is 4.79 Å². The minimum atomic E-state index is -0.356. The molecule has 2 aromatic carbocycles. The summed E-state index contributed by atoms with van der Waals surface area (Å²) in [5, 5.41) is 4.32. The van der Waals surface area contributed by atoms with Gasteiger partial charge in [-0.15, -0.1) is 0 Å². The van der Waals surface area contributed by atoms with Crippen LogP contribution in [0.3, 0.4) is 0 Å². The van der Waals surface area contributed by atoms with Crippen LogP contribution in [0.15, 0.2) is 59.1 Å². The molecule has 5 nitrogen and oxygen atoms in total. The lowest BCUT2D eigenvalue weighted by atomic mass is 9.68. The maximum atomic E-state index is 11.8. The third-order valence-corrected chi connectivity index (χ3v) is 5.37. The fourth-order valence-corrected chi connectivity index (χ4v) is 3.83. The third kappa shape index (κ3) is 3.50. The van der Waals surface area contributed by atoms with Gasteiger partial charge in [0.15, 0.2) is 5.82 Å². The smallest absolute Gasteiger partial charge is 0.231 e. The molecule has 1 aliphatic rings. The Morgan fingerprint density at radius 1 is 1.07 bits per heavy atom. The van der Waals surface area contributed by atoms with Crippen molar-refractivity contribution in [3.63, 3.8) is 0 Å². The normalized spacial score (nSPS) is 16.3. The molecule has 4 rings (SSSR count). The molecular formula is C22H22N2O3. The van der Waals surface area contributed by atoms with Crippen LogP contribution in [0.1, 0.15) is 48.5 Å². The van der Waals surface area contributed by atoms with E-state index in [0.29, 0.717) is 49.6 Å². The van der Waals surface area contributed by atoms with E-state index in [1.54, 1.807) is 7.11 Å². The van der Waals surface area contributed by atoms with Gasteiger partial charge in [-0.3, -0.25) is 4.79 Å². The fraction of sp³-hybridized carbons (Fsp3) is 0.318. The summed E-state index contributed by atoms with van der Waals surface area (Å²) in [6, 6.07) is 18.1. The Bertz CT molecular complexity index is 923. The van der Waals surface area contributed by atoms with Gasteiger partial charge in [0, 0.05) is 12.8 Å². The van der Waals surface area contributed by atoms with Crippen LogP contribution in [0.4, 0.5) is 0 Å². The van der Waals surface area contributed by atoms with Crippen molar-refractivity contribution in [1.29, 1.82) is 0 Å². The molecule has 0 saturated heterocycles. The Balaban J connectivity index is 1.65. The lowest BCUT2D eigenvalue weighted by Gasteiger charge is -2.34. The van der Waals surface area contributed by atoms with Gasteiger partial charge in [-0.05, 0) is 36.1 Å². The van der Waals surface area contributed by atoms with Gasteiger partial charge in [0.2, 0.25) is 5.89 Å². The number of nitrogens with zero attached hydrogens (tertiary/aromatic N) is 2. The second kappa shape index (κ2) is 7.35. The predicted molar refractivity (Wildman–Crippen MR) is 101 cm³/mol. The standard InChI is InChI=1S/C22H22N2O3/c1-26-19-9-5-6-16(14-19)15-20-23-21(24-27-20)22(12-10-18(25)11-13-22)17-7-3-2-4-8-17/h2-9,14H,10-13,15H2,1H3. The number of aromatic nitrogens is 2. The van der Waals surface area contributed by atoms with Crippen molar-refractivity contribution in [3.8, 4) is 5.75 Å². The number of carbonyl (C=O) groups is 1. The van der Waals surface area contributed by atoms with Gasteiger partial charge < -0.3 is 9.26 Å². The predicted octanol–water partition coefficient (Wildman–Crippen LogP) is 4.10. The first-order valence-corrected chi connectivity index (χ1v) is 9.23. The number of hydrogen-bond acceptors (Lipinski definition) is 5. The van der Waals surface area contributed by atoms with E-state index in [2.05, 4.69) is 17.3 Å². The first-order valence-electron chi connectivity index (χ1n) is 9.23. The molecule has 27 heavy (non-hydrogen) atoms. The molecule has 0 atom stereocenters. The number of benzene rings is 2. The van der Waals surface area contributed by atoms with E-state index in [1.807, 2.05) is 42.5 Å². The first-order chi connectivity index (χ1) is 13.2. The van der Waals surface area contributed by atoms with E-state index in [4.69, 9.17) is 14.2 Å². The molecule has 0 amide bonds. The lowest BCUT2D eigenvalue weighted by Crippen LogP contribution is -2.34. The summed E-state index contributed by atoms with van der Waals surface area (Å²) in [5.74, 6) is 2.37. The van der Waals surface area contributed by atoms with E-state index < -0.39 is 0 Å². The summed E-state index contributed by atoms with van der Waals surface area (Å²) in [7, 11) is 1.65. The van der Waals surface area contributed by atoms with Crippen LogP contribution in [0.5, 0.6) is 5.75 Å². The van der Waals surface area contributed by atoms with Gasteiger partial charge in [-0.25, -0.2) is 0 Å². The third-order valence-electron chi connectivity index (χ3n) is 5.37. The van der Waals surface area contributed by atoms with Crippen LogP contribution in [0.25, 0.3) is 0 Å². The summed E-state index contributed by atoms with van der Waals surface area (Å²) in [6.45, 7) is 0. The van der Waals surface area contributed by atoms with Crippen molar-refractivity contribution in [2.75, 3.05) is 7.11 Å². The van der Waals surface area contributed by atoms with E-state index in [0.717, 1.165) is 16.9 Å². The number of ether oxygens (including phenoxy) is 1. The molecular weight excluding hydrogens is 340 g/mol. The number of methoxy groups -OCH3 is 1. The van der Waals surface area contributed by atoms with Crippen molar-refractivity contribution in [3.05, 3.63) is 77.4 Å². The second-order valence-electron chi connectivity index (χ2n) is 7.03. The topological polar surface area (TPSA) is 65.2 Å². The monoisotopic (exact) mass is 362 g/mol. The molecule has 0 spiro atoms. The summed E-state index contributed by atoms with van der Waals surface area (Å²) in [4.78, 5) is 16.6. The van der Waals surface area contributed by atoms with Crippen LogP contribution < -0.4 is 4.74 Å². The molecule has 1 aliphatic carbocycles. The first kappa shape index (κ1) is 17.5. The summed E-state index contributed by atoms with van der Waals surface area (Å²) >= 11 is 0. The van der Waals surface area contributed by atoms with Gasteiger partial charge >= 0.3 is 0 Å². The molecule has 1 aromatic heterocycles. The van der Waals surface area contributed by atoms with Crippen LogP contribution in [-0.4, -0.2) is 23.0 Å². The van der Waals surface area contributed by atoms with Gasteiger partial charge in [-0.2, -0.15) is 4.98 Å². The average molecular weight is 362 g/mol.